The molecule has 0 spiro atoms. The molecule has 0 bridgehead atoms. The standard InChI is InChI=1S/C13H19N3O2S2/c1-2-14-7-3-4-8-20(17,18)16-11-5-6-12-13(9-11)19-10-15-12/h5-6,9-10,14,16H,2-4,7-8H2,1H3. The number of hydrogen-bond acceptors (Lipinski definition) is 5. The summed E-state index contributed by atoms with van der Waals surface area (Å²) in [6, 6.07) is 5.40. The van der Waals surface area contributed by atoms with E-state index in [2.05, 4.69) is 15.0 Å². The smallest absolute Gasteiger partial charge is 0.232 e. The van der Waals surface area contributed by atoms with Gasteiger partial charge in [-0.05, 0) is 44.1 Å². The van der Waals surface area contributed by atoms with Crippen molar-refractivity contribution in [3.63, 3.8) is 0 Å². The summed E-state index contributed by atoms with van der Waals surface area (Å²) in [5.74, 6) is 0.152. The molecule has 7 heteroatoms. The van der Waals surface area contributed by atoms with Crippen LogP contribution >= 0.6 is 11.3 Å². The Morgan fingerprint density at radius 2 is 2.15 bits per heavy atom. The van der Waals surface area contributed by atoms with Gasteiger partial charge in [0.25, 0.3) is 0 Å². The number of nitrogens with zero attached hydrogens (tertiary/aromatic N) is 1. The summed E-state index contributed by atoms with van der Waals surface area (Å²) < 4.78 is 27.5. The molecule has 0 atom stereocenters. The quantitative estimate of drug-likeness (QED) is 0.734. The molecule has 0 aliphatic rings. The Kier molecular flexibility index (Phi) is 5.33. The fraction of sp³-hybridized carbons (Fsp3) is 0.462. The molecule has 0 amide bonds. The highest BCUT2D eigenvalue weighted by atomic mass is 32.2. The number of anilines is 1. The van der Waals surface area contributed by atoms with Gasteiger partial charge < -0.3 is 5.32 Å². The summed E-state index contributed by atoms with van der Waals surface area (Å²) in [4.78, 5) is 4.17. The van der Waals surface area contributed by atoms with Crippen LogP contribution in [0.1, 0.15) is 19.8 Å². The molecule has 0 saturated heterocycles. The maximum atomic E-state index is 12.0. The van der Waals surface area contributed by atoms with Crippen LogP contribution < -0.4 is 10.0 Å². The minimum absolute atomic E-state index is 0.152. The van der Waals surface area contributed by atoms with Gasteiger partial charge in [0.1, 0.15) is 0 Å². The van der Waals surface area contributed by atoms with Crippen LogP contribution in [0.4, 0.5) is 5.69 Å². The molecule has 20 heavy (non-hydrogen) atoms. The van der Waals surface area contributed by atoms with Crippen molar-refractivity contribution in [1.29, 1.82) is 0 Å². The van der Waals surface area contributed by atoms with Crippen molar-refractivity contribution in [2.75, 3.05) is 23.6 Å². The summed E-state index contributed by atoms with van der Waals surface area (Å²) in [5, 5.41) is 3.18. The Hall–Kier alpha value is -1.18. The van der Waals surface area contributed by atoms with E-state index in [-0.39, 0.29) is 5.75 Å². The zero-order valence-electron chi connectivity index (χ0n) is 11.4. The average molecular weight is 313 g/mol. The maximum Gasteiger partial charge on any atom is 0.232 e. The second-order valence-corrected chi connectivity index (χ2v) is 7.24. The number of nitrogens with one attached hydrogen (secondary N) is 2. The normalized spacial score (nSPS) is 11.8. The van der Waals surface area contributed by atoms with Gasteiger partial charge in [0.15, 0.2) is 0 Å². The molecule has 2 aromatic rings. The van der Waals surface area contributed by atoms with E-state index in [0.29, 0.717) is 12.1 Å². The van der Waals surface area contributed by atoms with Crippen LogP contribution in [-0.2, 0) is 10.0 Å². The molecule has 0 saturated carbocycles. The highest BCUT2D eigenvalue weighted by Crippen LogP contribution is 2.22. The Labute approximate surface area is 123 Å². The maximum absolute atomic E-state index is 12.0. The van der Waals surface area contributed by atoms with Crippen LogP contribution in [0.15, 0.2) is 23.7 Å². The third kappa shape index (κ3) is 4.43. The number of thiazole rings is 1. The first kappa shape index (κ1) is 15.2. The lowest BCUT2D eigenvalue weighted by molar-refractivity contribution is 0.593. The van der Waals surface area contributed by atoms with E-state index in [1.165, 1.54) is 11.3 Å². The predicted molar refractivity (Wildman–Crippen MR) is 84.8 cm³/mol. The zero-order chi connectivity index (χ0) is 14.4. The minimum atomic E-state index is -3.27. The Morgan fingerprint density at radius 1 is 1.30 bits per heavy atom. The van der Waals surface area contributed by atoms with Gasteiger partial charge in [-0.2, -0.15) is 0 Å². The summed E-state index contributed by atoms with van der Waals surface area (Å²) in [7, 11) is -3.27. The number of sulfonamides is 1. The monoisotopic (exact) mass is 313 g/mol. The number of aromatic nitrogens is 1. The molecule has 0 fully saturated rings. The fourth-order valence-electron chi connectivity index (χ4n) is 1.87. The van der Waals surface area contributed by atoms with Crippen molar-refractivity contribution in [2.45, 2.75) is 19.8 Å². The molecule has 2 rings (SSSR count). The Morgan fingerprint density at radius 3 is 2.95 bits per heavy atom. The third-order valence-electron chi connectivity index (χ3n) is 2.87. The molecule has 5 nitrogen and oxygen atoms in total. The Bertz CT molecular complexity index is 652. The van der Waals surface area contributed by atoms with Crippen LogP contribution in [0.2, 0.25) is 0 Å². The highest BCUT2D eigenvalue weighted by molar-refractivity contribution is 7.92. The molecule has 2 N–H and O–H groups in total. The third-order valence-corrected chi connectivity index (χ3v) is 5.04. The lowest BCUT2D eigenvalue weighted by Crippen LogP contribution is -2.19. The molecule has 0 aliphatic carbocycles. The van der Waals surface area contributed by atoms with E-state index < -0.39 is 10.0 Å². The largest absolute Gasteiger partial charge is 0.317 e. The van der Waals surface area contributed by atoms with Crippen LogP contribution in [0.3, 0.4) is 0 Å². The summed E-state index contributed by atoms with van der Waals surface area (Å²) in [6.45, 7) is 3.81. The van der Waals surface area contributed by atoms with E-state index in [4.69, 9.17) is 0 Å². The first-order valence-corrected chi connectivity index (χ1v) is 9.18. The molecular formula is C13H19N3O2S2. The summed E-state index contributed by atoms with van der Waals surface area (Å²) in [6.07, 6.45) is 1.52. The van der Waals surface area contributed by atoms with Crippen molar-refractivity contribution >= 4 is 37.3 Å². The van der Waals surface area contributed by atoms with E-state index in [1.807, 2.05) is 19.1 Å². The van der Waals surface area contributed by atoms with Gasteiger partial charge in [0, 0.05) is 0 Å². The zero-order valence-corrected chi connectivity index (χ0v) is 13.1. The first-order chi connectivity index (χ1) is 9.61. The second-order valence-electron chi connectivity index (χ2n) is 4.52. The van der Waals surface area contributed by atoms with Gasteiger partial charge in [0.05, 0.1) is 27.2 Å². The Balaban J connectivity index is 1.90. The molecule has 0 radical (unpaired) electrons. The van der Waals surface area contributed by atoms with Crippen LogP contribution in [-0.4, -0.2) is 32.2 Å². The van der Waals surface area contributed by atoms with Crippen molar-refractivity contribution in [3.8, 4) is 0 Å². The van der Waals surface area contributed by atoms with E-state index in [0.717, 1.165) is 29.7 Å². The molecule has 0 unspecified atom stereocenters. The highest BCUT2D eigenvalue weighted by Gasteiger charge is 2.10. The van der Waals surface area contributed by atoms with Crippen LogP contribution in [0, 0.1) is 0 Å². The van der Waals surface area contributed by atoms with Gasteiger partial charge in [-0.15, -0.1) is 11.3 Å². The molecule has 0 aliphatic heterocycles. The van der Waals surface area contributed by atoms with Gasteiger partial charge in [-0.1, -0.05) is 6.92 Å². The predicted octanol–water partition coefficient (Wildman–Crippen LogP) is 2.43. The summed E-state index contributed by atoms with van der Waals surface area (Å²) >= 11 is 1.50. The number of unbranched alkanes of at least 4 members (excludes halogenated alkanes) is 1. The molecule has 110 valence electrons. The van der Waals surface area contributed by atoms with Crippen molar-refractivity contribution in [1.82, 2.24) is 10.3 Å². The minimum Gasteiger partial charge on any atom is -0.317 e. The molecule has 1 aromatic heterocycles. The van der Waals surface area contributed by atoms with Crippen molar-refractivity contribution in [2.24, 2.45) is 0 Å². The van der Waals surface area contributed by atoms with E-state index in [1.54, 1.807) is 11.6 Å². The molecule has 1 aromatic carbocycles. The fourth-order valence-corrected chi connectivity index (χ4v) is 3.76. The van der Waals surface area contributed by atoms with E-state index in [9.17, 15) is 8.42 Å². The molecule has 1 heterocycles. The van der Waals surface area contributed by atoms with Gasteiger partial charge in [-0.25, -0.2) is 13.4 Å². The molecular weight excluding hydrogens is 294 g/mol. The summed E-state index contributed by atoms with van der Waals surface area (Å²) in [5.41, 5.74) is 3.25. The van der Waals surface area contributed by atoms with E-state index >= 15 is 0 Å². The van der Waals surface area contributed by atoms with Crippen molar-refractivity contribution in [3.05, 3.63) is 23.7 Å². The second kappa shape index (κ2) is 7.01. The van der Waals surface area contributed by atoms with Gasteiger partial charge in [0.2, 0.25) is 10.0 Å². The van der Waals surface area contributed by atoms with Crippen molar-refractivity contribution < 1.29 is 8.42 Å². The van der Waals surface area contributed by atoms with Crippen LogP contribution in [0.5, 0.6) is 0 Å². The number of hydrogen-bond donors (Lipinski definition) is 2. The topological polar surface area (TPSA) is 71.1 Å². The first-order valence-electron chi connectivity index (χ1n) is 6.65. The van der Waals surface area contributed by atoms with Gasteiger partial charge in [-0.3, -0.25) is 4.72 Å². The number of rotatable bonds is 8. The number of fused-ring (bicyclic) bond motifs is 1. The average Bonchev–Trinajstić information content (AvgIpc) is 2.85. The lowest BCUT2D eigenvalue weighted by atomic mass is 10.3. The lowest BCUT2D eigenvalue weighted by Gasteiger charge is -2.08. The SMILES string of the molecule is CCNCCCCS(=O)(=O)Nc1ccc2ncsc2c1. The number of benzene rings is 1. The van der Waals surface area contributed by atoms with Gasteiger partial charge >= 0.3 is 0 Å². The van der Waals surface area contributed by atoms with Crippen LogP contribution in [0.25, 0.3) is 10.2 Å².